The van der Waals surface area contributed by atoms with E-state index in [4.69, 9.17) is 9.72 Å². The molecule has 174 valence electrons. The Morgan fingerprint density at radius 2 is 1.94 bits per heavy atom. The number of rotatable bonds is 6. The van der Waals surface area contributed by atoms with Gasteiger partial charge in [0.25, 0.3) is 0 Å². The van der Waals surface area contributed by atoms with Crippen molar-refractivity contribution in [1.82, 2.24) is 4.98 Å². The smallest absolute Gasteiger partial charge is 0.307 e. The van der Waals surface area contributed by atoms with Gasteiger partial charge in [0.2, 0.25) is 5.88 Å². The summed E-state index contributed by atoms with van der Waals surface area (Å²) in [5.74, 6) is 0.564. The van der Waals surface area contributed by atoms with Gasteiger partial charge in [-0.1, -0.05) is 69.3 Å². The molecule has 6 rings (SSSR count). The highest BCUT2D eigenvalue weighted by atomic mass is 16.5. The summed E-state index contributed by atoms with van der Waals surface area (Å²) in [7, 11) is 0. The van der Waals surface area contributed by atoms with Crippen LogP contribution in [0.4, 0.5) is 0 Å². The predicted molar refractivity (Wildman–Crippen MR) is 131 cm³/mol. The number of carbonyl (C=O) groups is 1. The van der Waals surface area contributed by atoms with E-state index in [0.29, 0.717) is 18.4 Å². The molecule has 4 atom stereocenters. The average molecular weight is 454 g/mol. The number of ether oxygens (including phenoxy) is 1. The van der Waals surface area contributed by atoms with Gasteiger partial charge in [-0.25, -0.2) is 4.98 Å². The van der Waals surface area contributed by atoms with Gasteiger partial charge in [-0.2, -0.15) is 0 Å². The van der Waals surface area contributed by atoms with Crippen molar-refractivity contribution >= 4 is 5.97 Å². The van der Waals surface area contributed by atoms with Gasteiger partial charge in [-0.3, -0.25) is 4.79 Å². The number of carboxylic acid groups (broad SMARTS) is 1. The van der Waals surface area contributed by atoms with Gasteiger partial charge in [-0.15, -0.1) is 0 Å². The van der Waals surface area contributed by atoms with Crippen LogP contribution in [0.2, 0.25) is 0 Å². The second kappa shape index (κ2) is 7.69. The highest BCUT2D eigenvalue weighted by Gasteiger charge is 2.60. The Hall–Kier alpha value is -3.14. The van der Waals surface area contributed by atoms with Crippen LogP contribution in [0, 0.1) is 11.8 Å². The van der Waals surface area contributed by atoms with Crippen LogP contribution in [0.25, 0.3) is 0 Å². The second-order valence-electron chi connectivity index (χ2n) is 10.9. The summed E-state index contributed by atoms with van der Waals surface area (Å²) in [4.78, 5) is 16.3. The van der Waals surface area contributed by atoms with Crippen molar-refractivity contribution in [2.75, 3.05) is 0 Å². The van der Waals surface area contributed by atoms with E-state index in [1.165, 1.54) is 27.8 Å². The summed E-state index contributed by atoms with van der Waals surface area (Å²) < 4.78 is 6.21. The maximum Gasteiger partial charge on any atom is 0.307 e. The van der Waals surface area contributed by atoms with E-state index >= 15 is 0 Å². The summed E-state index contributed by atoms with van der Waals surface area (Å²) in [5.41, 5.74) is 8.94. The van der Waals surface area contributed by atoms with Gasteiger partial charge >= 0.3 is 5.97 Å². The third kappa shape index (κ3) is 3.34. The Balaban J connectivity index is 1.24. The maximum atomic E-state index is 11.5. The number of pyridine rings is 1. The first-order valence-corrected chi connectivity index (χ1v) is 12.4. The van der Waals surface area contributed by atoms with Crippen molar-refractivity contribution in [3.8, 4) is 5.88 Å². The van der Waals surface area contributed by atoms with E-state index in [9.17, 15) is 9.90 Å². The van der Waals surface area contributed by atoms with Crippen LogP contribution < -0.4 is 4.74 Å². The Morgan fingerprint density at radius 3 is 2.68 bits per heavy atom. The predicted octanol–water partition coefficient (Wildman–Crippen LogP) is 6.01. The molecule has 0 spiro atoms. The molecule has 1 N–H and O–H groups in total. The topological polar surface area (TPSA) is 59.4 Å². The van der Waals surface area contributed by atoms with Crippen LogP contribution in [0.1, 0.15) is 78.1 Å². The zero-order valence-electron chi connectivity index (χ0n) is 20.0. The molecular formula is C30H31NO3. The first-order valence-electron chi connectivity index (χ1n) is 12.4. The molecule has 3 aliphatic carbocycles. The normalized spacial score (nSPS) is 25.4. The van der Waals surface area contributed by atoms with Crippen molar-refractivity contribution in [2.24, 2.45) is 11.8 Å². The Bertz CT molecular complexity index is 1280. The lowest BCUT2D eigenvalue weighted by atomic mass is 9.85. The van der Waals surface area contributed by atoms with Crippen LogP contribution in [-0.4, -0.2) is 16.1 Å². The summed E-state index contributed by atoms with van der Waals surface area (Å²) in [6.07, 6.45) is 2.74. The molecule has 1 aromatic heterocycles. The van der Waals surface area contributed by atoms with Crippen molar-refractivity contribution in [1.29, 1.82) is 0 Å². The molecule has 3 aliphatic rings. The fraction of sp³-hybridized carbons (Fsp3) is 0.400. The summed E-state index contributed by atoms with van der Waals surface area (Å²) in [5, 5.41) is 9.46. The standard InChI is InChI=1S/C30H31NO3/c1-4-24-26-19(13-21-27(26)28(21)29(32)33)14-25(31-24)34-16-17-10-11-23-20(12-17)22(15-30(23,2)3)18-8-6-5-7-9-18/h5-12,14,21-22,27-28H,4,13,15-16H2,1-3H3,(H,32,33)/t21-,22?,27-,28+/m1/s1. The maximum absolute atomic E-state index is 11.5. The Kier molecular flexibility index (Phi) is 4.84. The van der Waals surface area contributed by atoms with Crippen molar-refractivity contribution in [3.63, 3.8) is 0 Å². The minimum absolute atomic E-state index is 0.152. The van der Waals surface area contributed by atoms with E-state index in [1.54, 1.807) is 0 Å². The van der Waals surface area contributed by atoms with Crippen molar-refractivity contribution < 1.29 is 14.6 Å². The van der Waals surface area contributed by atoms with Gasteiger partial charge in [0, 0.05) is 23.6 Å². The van der Waals surface area contributed by atoms with Crippen LogP contribution in [0.3, 0.4) is 0 Å². The first-order chi connectivity index (χ1) is 16.4. The minimum atomic E-state index is -0.670. The monoisotopic (exact) mass is 453 g/mol. The molecule has 1 fully saturated rings. The molecule has 34 heavy (non-hydrogen) atoms. The van der Waals surface area contributed by atoms with Crippen molar-refractivity contribution in [2.45, 2.75) is 63.9 Å². The molecule has 3 aromatic rings. The average Bonchev–Trinajstić information content (AvgIpc) is 3.31. The number of fused-ring (bicyclic) bond motifs is 4. The number of nitrogens with zero attached hydrogens (tertiary/aromatic N) is 1. The molecule has 0 radical (unpaired) electrons. The SMILES string of the molecule is CCc1nc(OCc2ccc3c(c2)C(c2ccccc2)CC3(C)C)cc2c1[C@H]1[C@@H](C2)[C@@H]1C(=O)O. The first kappa shape index (κ1) is 21.4. The number of benzene rings is 2. The number of hydrogen-bond acceptors (Lipinski definition) is 3. The molecule has 0 amide bonds. The number of aryl methyl sites for hydroxylation is 1. The molecule has 1 saturated carbocycles. The summed E-state index contributed by atoms with van der Waals surface area (Å²) >= 11 is 0. The third-order valence-corrected chi connectivity index (χ3v) is 8.30. The minimum Gasteiger partial charge on any atom is -0.481 e. The third-order valence-electron chi connectivity index (χ3n) is 8.30. The Labute approximate surface area is 201 Å². The van der Waals surface area contributed by atoms with E-state index in [2.05, 4.69) is 69.3 Å². The number of aliphatic carboxylic acids is 1. The number of carboxylic acids is 1. The van der Waals surface area contributed by atoms with Gasteiger partial charge in [0.1, 0.15) is 6.61 Å². The van der Waals surface area contributed by atoms with Crippen LogP contribution in [0.15, 0.2) is 54.6 Å². The fourth-order valence-corrected chi connectivity index (χ4v) is 6.65. The molecule has 0 bridgehead atoms. The van der Waals surface area contributed by atoms with Crippen LogP contribution >= 0.6 is 0 Å². The van der Waals surface area contributed by atoms with Crippen LogP contribution in [0.5, 0.6) is 5.88 Å². The second-order valence-corrected chi connectivity index (χ2v) is 10.9. The quantitative estimate of drug-likeness (QED) is 0.497. The van der Waals surface area contributed by atoms with E-state index in [1.807, 2.05) is 6.07 Å². The van der Waals surface area contributed by atoms with Gasteiger partial charge in [0.15, 0.2) is 0 Å². The zero-order chi connectivity index (χ0) is 23.6. The zero-order valence-corrected chi connectivity index (χ0v) is 20.0. The molecule has 2 aromatic carbocycles. The van der Waals surface area contributed by atoms with Crippen LogP contribution in [-0.2, 0) is 29.7 Å². The molecule has 1 heterocycles. The molecule has 4 nitrogen and oxygen atoms in total. The van der Waals surface area contributed by atoms with E-state index < -0.39 is 5.97 Å². The molecule has 0 aliphatic heterocycles. The molecule has 4 heteroatoms. The highest BCUT2D eigenvalue weighted by molar-refractivity contribution is 5.78. The summed E-state index contributed by atoms with van der Waals surface area (Å²) in [6, 6.07) is 19.6. The largest absolute Gasteiger partial charge is 0.481 e. The molecule has 1 unspecified atom stereocenters. The van der Waals surface area contributed by atoms with E-state index in [-0.39, 0.29) is 23.2 Å². The van der Waals surface area contributed by atoms with E-state index in [0.717, 1.165) is 30.5 Å². The number of hydrogen-bond donors (Lipinski definition) is 1. The lowest BCUT2D eigenvalue weighted by Gasteiger charge is -2.19. The number of aromatic nitrogens is 1. The van der Waals surface area contributed by atoms with Gasteiger partial charge in [-0.05, 0) is 64.0 Å². The fourth-order valence-electron chi connectivity index (χ4n) is 6.65. The van der Waals surface area contributed by atoms with Crippen molar-refractivity contribution in [3.05, 3.63) is 93.7 Å². The van der Waals surface area contributed by atoms with Gasteiger partial charge in [0.05, 0.1) is 5.92 Å². The lowest BCUT2D eigenvalue weighted by Crippen LogP contribution is -2.12. The summed E-state index contributed by atoms with van der Waals surface area (Å²) in [6.45, 7) is 7.24. The van der Waals surface area contributed by atoms with Gasteiger partial charge < -0.3 is 9.84 Å². The molecule has 0 saturated heterocycles. The lowest BCUT2D eigenvalue weighted by molar-refractivity contribution is -0.139. The molecular weight excluding hydrogens is 422 g/mol. The highest BCUT2D eigenvalue weighted by Crippen LogP contribution is 2.62. The Morgan fingerprint density at radius 1 is 1.15 bits per heavy atom.